The van der Waals surface area contributed by atoms with Gasteiger partial charge in [0.15, 0.2) is 0 Å². The molecular formula is C9H13ClN2O3S2. The molecule has 0 fully saturated rings. The molecule has 0 radical (unpaired) electrons. The van der Waals surface area contributed by atoms with Crippen molar-refractivity contribution in [2.45, 2.75) is 24.5 Å². The fourth-order valence-corrected chi connectivity index (χ4v) is 3.38. The Morgan fingerprint density at radius 2 is 2.12 bits per heavy atom. The summed E-state index contributed by atoms with van der Waals surface area (Å²) in [5.41, 5.74) is 2.15. The second kappa shape index (κ2) is 5.81. The Morgan fingerprint density at radius 3 is 2.59 bits per heavy atom. The van der Waals surface area contributed by atoms with Crippen molar-refractivity contribution in [3.63, 3.8) is 0 Å². The second-order valence-electron chi connectivity index (χ2n) is 3.81. The van der Waals surface area contributed by atoms with Crippen LogP contribution in [0.3, 0.4) is 0 Å². The summed E-state index contributed by atoms with van der Waals surface area (Å²) in [4.78, 5) is 13.3. The van der Waals surface area contributed by atoms with Crippen molar-refractivity contribution in [1.29, 1.82) is 0 Å². The summed E-state index contributed by atoms with van der Waals surface area (Å²) in [5.74, 6) is -0.207. The van der Waals surface area contributed by atoms with E-state index in [1.165, 1.54) is 12.1 Å². The van der Waals surface area contributed by atoms with Gasteiger partial charge in [0.05, 0.1) is 4.34 Å². The first-order valence-corrected chi connectivity index (χ1v) is 7.55. The van der Waals surface area contributed by atoms with Crippen LogP contribution in [0.4, 0.5) is 0 Å². The number of hydrazine groups is 1. The molecule has 1 amide bonds. The molecule has 5 nitrogen and oxygen atoms in total. The number of carbonyl (C=O) groups excluding carboxylic acids is 1. The van der Waals surface area contributed by atoms with Gasteiger partial charge in [-0.2, -0.15) is 0 Å². The van der Waals surface area contributed by atoms with Crippen LogP contribution in [-0.2, 0) is 14.8 Å². The summed E-state index contributed by atoms with van der Waals surface area (Å²) in [7, 11) is -3.72. The quantitative estimate of drug-likeness (QED) is 0.813. The van der Waals surface area contributed by atoms with Crippen LogP contribution in [-0.4, -0.2) is 14.3 Å². The molecule has 0 atom stereocenters. The minimum Gasteiger partial charge on any atom is -0.278 e. The van der Waals surface area contributed by atoms with Gasteiger partial charge in [0.25, 0.3) is 10.0 Å². The highest BCUT2D eigenvalue weighted by Gasteiger charge is 2.17. The second-order valence-corrected chi connectivity index (χ2v) is 7.43. The van der Waals surface area contributed by atoms with Crippen molar-refractivity contribution in [2.24, 2.45) is 5.92 Å². The van der Waals surface area contributed by atoms with Crippen molar-refractivity contribution >= 4 is 38.9 Å². The highest BCUT2D eigenvalue weighted by Crippen LogP contribution is 2.24. The van der Waals surface area contributed by atoms with Gasteiger partial charge >= 0.3 is 0 Å². The van der Waals surface area contributed by atoms with E-state index in [4.69, 9.17) is 11.6 Å². The smallest absolute Gasteiger partial charge is 0.266 e. The first kappa shape index (κ1) is 14.4. The molecule has 2 N–H and O–H groups in total. The first-order valence-electron chi connectivity index (χ1n) is 4.87. The molecule has 0 aromatic carbocycles. The molecule has 96 valence electrons. The Balaban J connectivity index is 2.60. The summed E-state index contributed by atoms with van der Waals surface area (Å²) in [6.07, 6.45) is 0.258. The van der Waals surface area contributed by atoms with Crippen LogP contribution in [0.5, 0.6) is 0 Å². The predicted molar refractivity (Wildman–Crippen MR) is 67.2 cm³/mol. The van der Waals surface area contributed by atoms with Crippen LogP contribution >= 0.6 is 22.9 Å². The van der Waals surface area contributed by atoms with Gasteiger partial charge in [0, 0.05) is 6.42 Å². The highest BCUT2D eigenvalue weighted by molar-refractivity contribution is 7.91. The number of thiophene rings is 1. The Labute approximate surface area is 109 Å². The molecule has 1 heterocycles. The van der Waals surface area contributed by atoms with Crippen LogP contribution in [0.2, 0.25) is 4.34 Å². The molecule has 0 unspecified atom stereocenters. The van der Waals surface area contributed by atoms with Gasteiger partial charge < -0.3 is 0 Å². The van der Waals surface area contributed by atoms with Gasteiger partial charge in [0.1, 0.15) is 4.21 Å². The van der Waals surface area contributed by atoms with Crippen LogP contribution in [0.1, 0.15) is 20.3 Å². The average Bonchev–Trinajstić information content (AvgIpc) is 2.62. The number of hydrogen-bond donors (Lipinski definition) is 2. The normalized spacial score (nSPS) is 11.8. The van der Waals surface area contributed by atoms with E-state index >= 15 is 0 Å². The van der Waals surface area contributed by atoms with E-state index < -0.39 is 10.0 Å². The molecule has 0 aliphatic heterocycles. The lowest BCUT2D eigenvalue weighted by Crippen LogP contribution is -2.41. The fraction of sp³-hybridized carbons (Fsp3) is 0.444. The molecule has 0 spiro atoms. The van der Waals surface area contributed by atoms with Crippen LogP contribution in [0, 0.1) is 5.92 Å². The molecule has 17 heavy (non-hydrogen) atoms. The van der Waals surface area contributed by atoms with E-state index in [9.17, 15) is 13.2 Å². The van der Waals surface area contributed by atoms with Gasteiger partial charge in [0.2, 0.25) is 5.91 Å². The zero-order chi connectivity index (χ0) is 13.1. The van der Waals surface area contributed by atoms with Crippen molar-refractivity contribution in [2.75, 3.05) is 0 Å². The molecule has 0 bridgehead atoms. The van der Waals surface area contributed by atoms with Crippen LogP contribution < -0.4 is 10.3 Å². The predicted octanol–water partition coefficient (Wildman–Crippen LogP) is 1.76. The molecule has 1 aromatic heterocycles. The lowest BCUT2D eigenvalue weighted by Gasteiger charge is -2.08. The van der Waals surface area contributed by atoms with Crippen molar-refractivity contribution in [1.82, 2.24) is 10.3 Å². The van der Waals surface area contributed by atoms with Gasteiger partial charge in [-0.15, -0.1) is 16.2 Å². The van der Waals surface area contributed by atoms with Crippen LogP contribution in [0.15, 0.2) is 16.3 Å². The minimum absolute atomic E-state index is 0.0624. The third-order valence-corrected chi connectivity index (χ3v) is 4.70. The number of sulfonamides is 1. The molecule has 0 aliphatic rings. The Bertz CT molecular complexity index is 496. The number of hydrogen-bond acceptors (Lipinski definition) is 4. The number of halogens is 1. The number of nitrogens with one attached hydrogen (secondary N) is 2. The van der Waals surface area contributed by atoms with Crippen LogP contribution in [0.25, 0.3) is 0 Å². The lowest BCUT2D eigenvalue weighted by atomic mass is 10.1. The van der Waals surface area contributed by atoms with Crippen molar-refractivity contribution in [3.8, 4) is 0 Å². The van der Waals surface area contributed by atoms with Gasteiger partial charge in [-0.1, -0.05) is 25.4 Å². The maximum Gasteiger partial charge on any atom is 0.266 e. The SMILES string of the molecule is CC(C)CC(=O)NNS(=O)(=O)c1ccc(Cl)s1. The molecule has 0 aliphatic carbocycles. The Morgan fingerprint density at radius 1 is 1.47 bits per heavy atom. The summed E-state index contributed by atoms with van der Waals surface area (Å²) in [6, 6.07) is 2.86. The minimum atomic E-state index is -3.72. The van der Waals surface area contributed by atoms with E-state index in [1.54, 1.807) is 0 Å². The monoisotopic (exact) mass is 296 g/mol. The average molecular weight is 297 g/mol. The van der Waals surface area contributed by atoms with E-state index in [0.717, 1.165) is 11.3 Å². The Kier molecular flexibility index (Phi) is 4.93. The standard InChI is InChI=1S/C9H13ClN2O3S2/c1-6(2)5-8(13)11-12-17(14,15)9-4-3-7(10)16-9/h3-4,6,12H,5H2,1-2H3,(H,11,13). The Hall–Kier alpha value is -0.630. The topological polar surface area (TPSA) is 75.3 Å². The summed E-state index contributed by atoms with van der Waals surface area (Å²) in [5, 5.41) is 0. The van der Waals surface area contributed by atoms with Crippen molar-refractivity contribution < 1.29 is 13.2 Å². The van der Waals surface area contributed by atoms with Crippen molar-refractivity contribution in [3.05, 3.63) is 16.5 Å². The molecule has 8 heteroatoms. The highest BCUT2D eigenvalue weighted by atomic mass is 35.5. The number of amides is 1. The van der Waals surface area contributed by atoms with E-state index in [-0.39, 0.29) is 22.5 Å². The zero-order valence-corrected chi connectivity index (χ0v) is 11.7. The lowest BCUT2D eigenvalue weighted by molar-refractivity contribution is -0.122. The zero-order valence-electron chi connectivity index (χ0n) is 9.36. The third-order valence-electron chi connectivity index (χ3n) is 1.73. The van der Waals surface area contributed by atoms with Gasteiger partial charge in [-0.25, -0.2) is 8.42 Å². The van der Waals surface area contributed by atoms with Gasteiger partial charge in [-0.05, 0) is 18.1 Å². The molecular weight excluding hydrogens is 284 g/mol. The molecule has 1 aromatic rings. The maximum atomic E-state index is 11.7. The van der Waals surface area contributed by atoms with E-state index in [0.29, 0.717) is 4.34 Å². The molecule has 0 saturated carbocycles. The maximum absolute atomic E-state index is 11.7. The first-order chi connectivity index (χ1) is 7.81. The van der Waals surface area contributed by atoms with E-state index in [2.05, 4.69) is 5.43 Å². The summed E-state index contributed by atoms with van der Waals surface area (Å²) in [6.45, 7) is 3.74. The summed E-state index contributed by atoms with van der Waals surface area (Å²) < 4.78 is 23.8. The third kappa shape index (κ3) is 4.63. The van der Waals surface area contributed by atoms with Gasteiger partial charge in [-0.3, -0.25) is 10.2 Å². The molecule has 1 rings (SSSR count). The molecule has 0 saturated heterocycles. The number of carbonyl (C=O) groups is 1. The largest absolute Gasteiger partial charge is 0.278 e. The summed E-state index contributed by atoms with van der Waals surface area (Å²) >= 11 is 6.56. The fourth-order valence-electron chi connectivity index (χ4n) is 1.04. The van der Waals surface area contributed by atoms with E-state index in [1.807, 2.05) is 18.7 Å². The number of rotatable bonds is 5.